The van der Waals surface area contributed by atoms with E-state index in [1.54, 1.807) is 0 Å². The molecule has 0 bridgehead atoms. The number of nitrogens with zero attached hydrogens (tertiary/aromatic N) is 1. The summed E-state index contributed by atoms with van der Waals surface area (Å²) in [6.45, 7) is 2.92. The first-order chi connectivity index (χ1) is 8.82. The van der Waals surface area contributed by atoms with Gasteiger partial charge in [-0.15, -0.1) is 0 Å². The van der Waals surface area contributed by atoms with Crippen LogP contribution in [0.15, 0.2) is 12.1 Å². The predicted molar refractivity (Wildman–Crippen MR) is 65.9 cm³/mol. The quantitative estimate of drug-likeness (QED) is 0.857. The van der Waals surface area contributed by atoms with Crippen molar-refractivity contribution in [3.05, 3.63) is 28.8 Å². The highest BCUT2D eigenvalue weighted by Gasteiger charge is 2.39. The number of anilines is 1. The summed E-state index contributed by atoms with van der Waals surface area (Å²) in [5.74, 6) is -2.75. The smallest absolute Gasteiger partial charge is 0.250 e. The molecular formula is C12H11ClF2N2O2. The molecule has 1 fully saturated rings. The van der Waals surface area contributed by atoms with Gasteiger partial charge in [-0.1, -0.05) is 11.6 Å². The van der Waals surface area contributed by atoms with E-state index in [0.29, 0.717) is 6.07 Å². The molecule has 1 heterocycles. The number of hydrogen-bond donors (Lipinski definition) is 1. The molecule has 2 unspecified atom stereocenters. The number of nitrogens with one attached hydrogen (secondary N) is 1. The predicted octanol–water partition coefficient (Wildman–Crippen LogP) is 1.86. The number of benzene rings is 1. The van der Waals surface area contributed by atoms with Gasteiger partial charge in [-0.2, -0.15) is 0 Å². The highest BCUT2D eigenvalue weighted by atomic mass is 35.5. The molecule has 0 aromatic heterocycles. The van der Waals surface area contributed by atoms with Crippen molar-refractivity contribution in [1.82, 2.24) is 5.32 Å². The molecule has 1 aromatic rings. The minimum absolute atomic E-state index is 0.250. The zero-order chi connectivity index (χ0) is 14.3. The number of halogens is 3. The molecule has 1 N–H and O–H groups in total. The number of carbonyl (C=O) groups excluding carboxylic acids is 2. The molecule has 2 atom stereocenters. The van der Waals surface area contributed by atoms with Crippen molar-refractivity contribution in [3.63, 3.8) is 0 Å². The molecule has 0 saturated carbocycles. The van der Waals surface area contributed by atoms with E-state index < -0.39 is 35.5 Å². The van der Waals surface area contributed by atoms with Gasteiger partial charge in [0.15, 0.2) is 5.82 Å². The van der Waals surface area contributed by atoms with Gasteiger partial charge in [-0.05, 0) is 19.9 Å². The maximum Gasteiger partial charge on any atom is 0.250 e. The van der Waals surface area contributed by atoms with Crippen molar-refractivity contribution in [3.8, 4) is 0 Å². The molecule has 0 aliphatic carbocycles. The molecule has 102 valence electrons. The first kappa shape index (κ1) is 13.7. The van der Waals surface area contributed by atoms with E-state index in [2.05, 4.69) is 5.32 Å². The molecule has 2 amide bonds. The maximum absolute atomic E-state index is 13.8. The van der Waals surface area contributed by atoms with Crippen LogP contribution in [0.2, 0.25) is 5.02 Å². The molecular weight excluding hydrogens is 278 g/mol. The zero-order valence-corrected chi connectivity index (χ0v) is 11.0. The van der Waals surface area contributed by atoms with E-state index >= 15 is 0 Å². The summed E-state index contributed by atoms with van der Waals surface area (Å²) in [6, 6.07) is -0.180. The Morgan fingerprint density at radius 2 is 1.89 bits per heavy atom. The van der Waals surface area contributed by atoms with Crippen LogP contribution in [0.3, 0.4) is 0 Å². The Hall–Kier alpha value is -1.69. The third-order valence-electron chi connectivity index (χ3n) is 2.96. The van der Waals surface area contributed by atoms with Gasteiger partial charge in [0.25, 0.3) is 0 Å². The zero-order valence-electron chi connectivity index (χ0n) is 10.2. The summed E-state index contributed by atoms with van der Waals surface area (Å²) in [5.41, 5.74) is -0.276. The Kier molecular flexibility index (Phi) is 3.45. The number of carbonyl (C=O) groups is 2. The summed E-state index contributed by atoms with van der Waals surface area (Å²) in [4.78, 5) is 24.7. The molecule has 19 heavy (non-hydrogen) atoms. The summed E-state index contributed by atoms with van der Waals surface area (Å²) in [5, 5.41) is 2.21. The van der Waals surface area contributed by atoms with Crippen molar-refractivity contribution in [2.24, 2.45) is 0 Å². The lowest BCUT2D eigenvalue weighted by Crippen LogP contribution is -2.62. The molecule has 1 aliphatic rings. The van der Waals surface area contributed by atoms with Gasteiger partial charge in [0.05, 0.1) is 10.7 Å². The van der Waals surface area contributed by atoms with Crippen molar-refractivity contribution in [1.29, 1.82) is 0 Å². The molecule has 0 spiro atoms. The van der Waals surface area contributed by atoms with Crippen molar-refractivity contribution in [2.45, 2.75) is 25.9 Å². The van der Waals surface area contributed by atoms with Crippen LogP contribution in [-0.2, 0) is 9.59 Å². The second-order valence-corrected chi connectivity index (χ2v) is 4.74. The van der Waals surface area contributed by atoms with Crippen LogP contribution < -0.4 is 10.2 Å². The SMILES string of the molecule is CC1NC(=O)C(C)N(c2c(F)cc(F)cc2Cl)C1=O. The molecule has 1 saturated heterocycles. The fourth-order valence-corrected chi connectivity index (χ4v) is 2.27. The van der Waals surface area contributed by atoms with Crippen LogP contribution in [0.5, 0.6) is 0 Å². The Balaban J connectivity index is 2.56. The number of hydrogen-bond acceptors (Lipinski definition) is 2. The fraction of sp³-hybridized carbons (Fsp3) is 0.333. The molecule has 4 nitrogen and oxygen atoms in total. The van der Waals surface area contributed by atoms with Crippen molar-refractivity contribution in [2.75, 3.05) is 4.90 Å². The molecule has 1 aromatic carbocycles. The van der Waals surface area contributed by atoms with Gasteiger partial charge in [-0.25, -0.2) is 8.78 Å². The normalized spacial score (nSPS) is 23.5. The summed E-state index contributed by atoms with van der Waals surface area (Å²) >= 11 is 5.79. The van der Waals surface area contributed by atoms with E-state index in [-0.39, 0.29) is 10.7 Å². The summed E-state index contributed by atoms with van der Waals surface area (Å²) < 4.78 is 26.9. The van der Waals surface area contributed by atoms with Gasteiger partial charge in [0.2, 0.25) is 11.8 Å². The van der Waals surface area contributed by atoms with Gasteiger partial charge in [-0.3, -0.25) is 14.5 Å². The summed E-state index contributed by atoms with van der Waals surface area (Å²) in [6.07, 6.45) is 0. The number of piperazine rings is 1. The van der Waals surface area contributed by atoms with Crippen LogP contribution >= 0.6 is 11.6 Å². The Labute approximate surface area is 113 Å². The third-order valence-corrected chi connectivity index (χ3v) is 3.24. The lowest BCUT2D eigenvalue weighted by atomic mass is 10.1. The van der Waals surface area contributed by atoms with Gasteiger partial charge >= 0.3 is 0 Å². The first-order valence-corrected chi connectivity index (χ1v) is 5.98. The van der Waals surface area contributed by atoms with Gasteiger partial charge in [0.1, 0.15) is 17.9 Å². The summed E-state index contributed by atoms with van der Waals surface area (Å²) in [7, 11) is 0. The highest BCUT2D eigenvalue weighted by molar-refractivity contribution is 6.34. The highest BCUT2D eigenvalue weighted by Crippen LogP contribution is 2.33. The second-order valence-electron chi connectivity index (χ2n) is 4.33. The largest absolute Gasteiger partial charge is 0.343 e. The fourth-order valence-electron chi connectivity index (χ4n) is 1.98. The van der Waals surface area contributed by atoms with Crippen LogP contribution in [-0.4, -0.2) is 23.9 Å². The Morgan fingerprint density at radius 3 is 2.47 bits per heavy atom. The minimum atomic E-state index is -0.980. The Bertz CT molecular complexity index is 542. The molecule has 1 aliphatic heterocycles. The maximum atomic E-state index is 13.8. The number of amides is 2. The van der Waals surface area contributed by atoms with E-state index in [1.165, 1.54) is 13.8 Å². The second kappa shape index (κ2) is 4.77. The molecule has 2 rings (SSSR count). The van der Waals surface area contributed by atoms with Crippen LogP contribution in [0.1, 0.15) is 13.8 Å². The van der Waals surface area contributed by atoms with Gasteiger partial charge in [0, 0.05) is 6.07 Å². The minimum Gasteiger partial charge on any atom is -0.343 e. The first-order valence-electron chi connectivity index (χ1n) is 5.61. The standard InChI is InChI=1S/C12H11ClF2N2O2/c1-5-12(19)17(6(2)11(18)16-5)10-8(13)3-7(14)4-9(10)15/h3-6H,1-2H3,(H,16,18). The van der Waals surface area contributed by atoms with E-state index in [9.17, 15) is 18.4 Å². The topological polar surface area (TPSA) is 49.4 Å². The lowest BCUT2D eigenvalue weighted by molar-refractivity contribution is -0.133. The average Bonchev–Trinajstić information content (AvgIpc) is 2.30. The molecule has 0 radical (unpaired) electrons. The van der Waals surface area contributed by atoms with E-state index in [0.717, 1.165) is 11.0 Å². The van der Waals surface area contributed by atoms with Crippen LogP contribution in [0.4, 0.5) is 14.5 Å². The van der Waals surface area contributed by atoms with Crippen molar-refractivity contribution >= 4 is 29.1 Å². The Morgan fingerprint density at radius 1 is 1.26 bits per heavy atom. The average molecular weight is 289 g/mol. The third kappa shape index (κ3) is 2.28. The van der Waals surface area contributed by atoms with E-state index in [4.69, 9.17) is 11.6 Å². The monoisotopic (exact) mass is 288 g/mol. The van der Waals surface area contributed by atoms with Crippen LogP contribution in [0, 0.1) is 11.6 Å². The molecule has 7 heteroatoms. The number of rotatable bonds is 1. The van der Waals surface area contributed by atoms with Gasteiger partial charge < -0.3 is 5.32 Å². The van der Waals surface area contributed by atoms with E-state index in [1.807, 2.05) is 0 Å². The lowest BCUT2D eigenvalue weighted by Gasteiger charge is -2.36. The van der Waals surface area contributed by atoms with Crippen LogP contribution in [0.25, 0.3) is 0 Å². The van der Waals surface area contributed by atoms with Crippen molar-refractivity contribution < 1.29 is 18.4 Å².